The summed E-state index contributed by atoms with van der Waals surface area (Å²) in [6, 6.07) is 0.285. The van der Waals surface area contributed by atoms with E-state index in [0.717, 1.165) is 23.8 Å². The molecular weight excluding hydrogens is 162 g/mol. The average molecular weight is 177 g/mol. The Kier molecular flexibility index (Phi) is 1.96. The number of hydrogen-bond donors (Lipinski definition) is 2. The number of rotatable bonds is 1. The van der Waals surface area contributed by atoms with Gasteiger partial charge in [0.2, 0.25) is 0 Å². The first-order valence-corrected chi connectivity index (χ1v) is 4.60. The summed E-state index contributed by atoms with van der Waals surface area (Å²) < 4.78 is 0. The Morgan fingerprint density at radius 2 is 2.15 bits per heavy atom. The van der Waals surface area contributed by atoms with Crippen LogP contribution in [0.3, 0.4) is 0 Å². The molecule has 2 heterocycles. The molecule has 0 saturated heterocycles. The van der Waals surface area contributed by atoms with E-state index in [1.807, 2.05) is 6.92 Å². The zero-order chi connectivity index (χ0) is 9.42. The van der Waals surface area contributed by atoms with Crippen LogP contribution in [0.15, 0.2) is 11.6 Å². The molecule has 1 unspecified atom stereocenters. The highest BCUT2D eigenvalue weighted by atomic mass is 15.0. The molecule has 0 aliphatic carbocycles. The second-order valence-electron chi connectivity index (χ2n) is 3.70. The molecule has 1 aromatic heterocycles. The number of hydrogen-bond acceptors (Lipinski definition) is 2. The zero-order valence-corrected chi connectivity index (χ0v) is 8.31. The number of nitrogens with zero attached hydrogens (tertiary/aromatic N) is 1. The molecule has 1 aliphatic rings. The van der Waals surface area contributed by atoms with E-state index in [1.54, 1.807) is 0 Å². The monoisotopic (exact) mass is 177 g/mol. The van der Waals surface area contributed by atoms with Crippen LogP contribution in [-0.4, -0.2) is 16.5 Å². The Hall–Kier alpha value is -1.09. The second-order valence-corrected chi connectivity index (χ2v) is 3.70. The third kappa shape index (κ3) is 1.52. The van der Waals surface area contributed by atoms with Crippen molar-refractivity contribution in [2.75, 3.05) is 6.54 Å². The minimum atomic E-state index is 0.285. The van der Waals surface area contributed by atoms with Gasteiger partial charge in [-0.3, -0.25) is 0 Å². The quantitative estimate of drug-likeness (QED) is 0.640. The average Bonchev–Trinajstić information content (AvgIpc) is 2.61. The molecule has 0 aromatic carbocycles. The lowest BCUT2D eigenvalue weighted by Crippen LogP contribution is -2.15. The largest absolute Gasteiger partial charge is 0.344 e. The van der Waals surface area contributed by atoms with Crippen molar-refractivity contribution in [2.24, 2.45) is 0 Å². The number of aryl methyl sites for hydroxylation is 2. The molecule has 1 aliphatic heterocycles. The maximum absolute atomic E-state index is 4.46. The molecule has 2 rings (SSSR count). The molecule has 0 fully saturated rings. The van der Waals surface area contributed by atoms with Crippen LogP contribution in [0.2, 0.25) is 0 Å². The fourth-order valence-electron chi connectivity index (χ4n) is 1.57. The van der Waals surface area contributed by atoms with Crippen molar-refractivity contribution in [1.82, 2.24) is 15.3 Å². The van der Waals surface area contributed by atoms with Gasteiger partial charge in [-0.05, 0) is 20.8 Å². The van der Waals surface area contributed by atoms with Crippen LogP contribution in [0.25, 0.3) is 0 Å². The molecule has 13 heavy (non-hydrogen) atoms. The van der Waals surface area contributed by atoms with Gasteiger partial charge in [0.25, 0.3) is 0 Å². The van der Waals surface area contributed by atoms with E-state index >= 15 is 0 Å². The lowest BCUT2D eigenvalue weighted by Gasteiger charge is -2.03. The standard InChI is InChI=1S/C10H15N3/c1-6-4-9(11-5-6)10-12-7(2)8(3)13-10/h4,9,11H,5H2,1-3H3,(H,12,13). The van der Waals surface area contributed by atoms with Gasteiger partial charge in [0.15, 0.2) is 0 Å². The number of aromatic nitrogens is 2. The van der Waals surface area contributed by atoms with Crippen LogP contribution in [0.4, 0.5) is 0 Å². The van der Waals surface area contributed by atoms with Crippen molar-refractivity contribution in [3.8, 4) is 0 Å². The van der Waals surface area contributed by atoms with Crippen LogP contribution in [0.1, 0.15) is 30.2 Å². The van der Waals surface area contributed by atoms with E-state index in [4.69, 9.17) is 0 Å². The van der Waals surface area contributed by atoms with E-state index in [2.05, 4.69) is 35.2 Å². The summed E-state index contributed by atoms with van der Waals surface area (Å²) in [7, 11) is 0. The van der Waals surface area contributed by atoms with Crippen molar-refractivity contribution in [1.29, 1.82) is 0 Å². The molecular formula is C10H15N3. The van der Waals surface area contributed by atoms with E-state index in [-0.39, 0.29) is 6.04 Å². The van der Waals surface area contributed by atoms with Gasteiger partial charge in [0, 0.05) is 12.2 Å². The maximum atomic E-state index is 4.46. The molecule has 2 N–H and O–H groups in total. The van der Waals surface area contributed by atoms with Gasteiger partial charge in [-0.2, -0.15) is 0 Å². The summed E-state index contributed by atoms with van der Waals surface area (Å²) in [4.78, 5) is 7.75. The Morgan fingerprint density at radius 1 is 1.38 bits per heavy atom. The van der Waals surface area contributed by atoms with E-state index in [0.29, 0.717) is 0 Å². The predicted octanol–water partition coefficient (Wildman–Crippen LogP) is 1.62. The first-order valence-electron chi connectivity index (χ1n) is 4.60. The highest BCUT2D eigenvalue weighted by Crippen LogP contribution is 2.19. The molecule has 3 heteroatoms. The molecule has 70 valence electrons. The minimum Gasteiger partial charge on any atom is -0.344 e. The minimum absolute atomic E-state index is 0.285. The highest BCUT2D eigenvalue weighted by molar-refractivity contribution is 5.22. The third-order valence-electron chi connectivity index (χ3n) is 2.49. The van der Waals surface area contributed by atoms with E-state index in [9.17, 15) is 0 Å². The second kappa shape index (κ2) is 3.00. The fraction of sp³-hybridized carbons (Fsp3) is 0.500. The molecule has 0 bridgehead atoms. The molecule has 0 radical (unpaired) electrons. The smallest absolute Gasteiger partial charge is 0.127 e. The van der Waals surface area contributed by atoms with Crippen LogP contribution in [-0.2, 0) is 0 Å². The summed E-state index contributed by atoms with van der Waals surface area (Å²) in [6.07, 6.45) is 2.22. The molecule has 1 aromatic rings. The van der Waals surface area contributed by atoms with Gasteiger partial charge < -0.3 is 10.3 Å². The lowest BCUT2D eigenvalue weighted by molar-refractivity contribution is 0.671. The van der Waals surface area contributed by atoms with Gasteiger partial charge in [-0.15, -0.1) is 0 Å². The van der Waals surface area contributed by atoms with Crippen molar-refractivity contribution >= 4 is 0 Å². The molecule has 0 saturated carbocycles. The van der Waals surface area contributed by atoms with E-state index < -0.39 is 0 Å². The summed E-state index contributed by atoms with van der Waals surface area (Å²) in [5.41, 5.74) is 3.64. The molecule has 0 spiro atoms. The van der Waals surface area contributed by atoms with Crippen LogP contribution in [0.5, 0.6) is 0 Å². The zero-order valence-electron chi connectivity index (χ0n) is 8.31. The normalized spacial score (nSPS) is 22.1. The summed E-state index contributed by atoms with van der Waals surface area (Å²) >= 11 is 0. The topological polar surface area (TPSA) is 40.7 Å². The summed E-state index contributed by atoms with van der Waals surface area (Å²) in [5.74, 6) is 1.03. The molecule has 0 amide bonds. The summed E-state index contributed by atoms with van der Waals surface area (Å²) in [5, 5.41) is 3.38. The Balaban J connectivity index is 2.26. The van der Waals surface area contributed by atoms with Gasteiger partial charge >= 0.3 is 0 Å². The van der Waals surface area contributed by atoms with Crippen molar-refractivity contribution in [3.05, 3.63) is 28.9 Å². The first-order chi connectivity index (χ1) is 6.16. The van der Waals surface area contributed by atoms with E-state index in [1.165, 1.54) is 5.57 Å². The van der Waals surface area contributed by atoms with Crippen LogP contribution >= 0.6 is 0 Å². The van der Waals surface area contributed by atoms with Crippen molar-refractivity contribution in [3.63, 3.8) is 0 Å². The molecule has 3 nitrogen and oxygen atoms in total. The van der Waals surface area contributed by atoms with Gasteiger partial charge in [-0.25, -0.2) is 4.98 Å². The number of nitrogens with one attached hydrogen (secondary N) is 2. The van der Waals surface area contributed by atoms with Crippen molar-refractivity contribution < 1.29 is 0 Å². The Labute approximate surface area is 78.3 Å². The van der Waals surface area contributed by atoms with Crippen LogP contribution < -0.4 is 5.32 Å². The number of imidazole rings is 1. The Morgan fingerprint density at radius 3 is 2.62 bits per heavy atom. The first kappa shape index (κ1) is 8.51. The summed E-state index contributed by atoms with van der Waals surface area (Å²) in [6.45, 7) is 7.19. The maximum Gasteiger partial charge on any atom is 0.127 e. The lowest BCUT2D eigenvalue weighted by atomic mass is 10.2. The SMILES string of the molecule is CC1=CC(c2nc(C)c(C)[nH]2)NC1. The third-order valence-corrected chi connectivity index (χ3v) is 2.49. The highest BCUT2D eigenvalue weighted by Gasteiger charge is 2.17. The van der Waals surface area contributed by atoms with Gasteiger partial charge in [-0.1, -0.05) is 11.6 Å². The van der Waals surface area contributed by atoms with Gasteiger partial charge in [0.1, 0.15) is 5.82 Å². The van der Waals surface area contributed by atoms with Crippen molar-refractivity contribution in [2.45, 2.75) is 26.8 Å². The fourth-order valence-corrected chi connectivity index (χ4v) is 1.57. The molecule has 1 atom stereocenters. The number of H-pyrrole nitrogens is 1. The number of aromatic amines is 1. The Bertz CT molecular complexity index is 330. The van der Waals surface area contributed by atoms with Gasteiger partial charge in [0.05, 0.1) is 11.7 Å². The van der Waals surface area contributed by atoms with Crippen LogP contribution in [0, 0.1) is 13.8 Å². The predicted molar refractivity (Wildman–Crippen MR) is 52.6 cm³/mol.